The molecule has 4 nitrogen and oxygen atoms in total. The number of unbranched alkanes of at least 4 members (excludes halogenated alkanes) is 2. The normalized spacial score (nSPS) is 11.9. The summed E-state index contributed by atoms with van der Waals surface area (Å²) in [6, 6.07) is 7.46. The Morgan fingerprint density at radius 2 is 2.00 bits per heavy atom. The van der Waals surface area contributed by atoms with Gasteiger partial charge in [0.1, 0.15) is 0 Å². The van der Waals surface area contributed by atoms with Crippen molar-refractivity contribution in [3.8, 4) is 5.75 Å². The van der Waals surface area contributed by atoms with Crippen molar-refractivity contribution in [2.24, 2.45) is 5.14 Å². The van der Waals surface area contributed by atoms with Gasteiger partial charge in [0.15, 0.2) is 9.96 Å². The molecule has 0 fully saturated rings. The van der Waals surface area contributed by atoms with Crippen molar-refractivity contribution in [1.29, 1.82) is 0 Å². The molecule has 1 heterocycles. The van der Waals surface area contributed by atoms with E-state index in [0.29, 0.717) is 12.4 Å². The van der Waals surface area contributed by atoms with Crippen LogP contribution >= 0.6 is 11.3 Å². The van der Waals surface area contributed by atoms with Crippen molar-refractivity contribution >= 4 is 31.4 Å². The quantitative estimate of drug-likeness (QED) is 0.833. The lowest BCUT2D eigenvalue weighted by Crippen LogP contribution is -2.12. The first-order chi connectivity index (χ1) is 9.04. The van der Waals surface area contributed by atoms with E-state index >= 15 is 0 Å². The molecule has 0 saturated carbocycles. The molecular formula is C13H17NO3S2. The summed E-state index contributed by atoms with van der Waals surface area (Å²) in [6.45, 7) is 2.62. The smallest absolute Gasteiger partial charge is 0.251 e. The molecule has 0 amide bonds. The summed E-state index contributed by atoms with van der Waals surface area (Å²) in [5, 5.41) is 6.07. The van der Waals surface area contributed by atoms with Crippen molar-refractivity contribution in [3.05, 3.63) is 24.3 Å². The van der Waals surface area contributed by atoms with Crippen LogP contribution in [-0.4, -0.2) is 15.0 Å². The van der Waals surface area contributed by atoms with Crippen LogP contribution in [0, 0.1) is 0 Å². The molecule has 0 aliphatic rings. The molecular weight excluding hydrogens is 282 g/mol. The molecule has 19 heavy (non-hydrogen) atoms. The molecule has 1 aromatic carbocycles. The maximum atomic E-state index is 11.6. The van der Waals surface area contributed by atoms with Gasteiger partial charge >= 0.3 is 0 Å². The molecule has 104 valence electrons. The van der Waals surface area contributed by atoms with Gasteiger partial charge in [0.05, 0.1) is 6.61 Å². The molecule has 0 atom stereocenters. The van der Waals surface area contributed by atoms with E-state index in [1.54, 1.807) is 0 Å². The maximum absolute atomic E-state index is 11.6. The molecule has 0 unspecified atom stereocenters. The molecule has 1 aromatic heterocycles. The topological polar surface area (TPSA) is 69.4 Å². The van der Waals surface area contributed by atoms with E-state index in [9.17, 15) is 8.42 Å². The van der Waals surface area contributed by atoms with E-state index in [1.165, 1.54) is 0 Å². The predicted molar refractivity (Wildman–Crippen MR) is 78.2 cm³/mol. The van der Waals surface area contributed by atoms with E-state index in [-0.39, 0.29) is 4.21 Å². The molecule has 6 heteroatoms. The van der Waals surface area contributed by atoms with Gasteiger partial charge in [-0.25, -0.2) is 13.6 Å². The first-order valence-corrected chi connectivity index (χ1v) is 8.57. The Labute approximate surface area is 117 Å². The van der Waals surface area contributed by atoms with Gasteiger partial charge in [-0.2, -0.15) is 0 Å². The minimum Gasteiger partial charge on any atom is -0.491 e. The average Bonchev–Trinajstić information content (AvgIpc) is 2.74. The molecule has 0 aliphatic carbocycles. The highest BCUT2D eigenvalue weighted by atomic mass is 32.2. The van der Waals surface area contributed by atoms with Gasteiger partial charge in [-0.15, -0.1) is 11.3 Å². The predicted octanol–water partition coefficient (Wildman–Crippen LogP) is 3.12. The Morgan fingerprint density at radius 3 is 2.68 bits per heavy atom. The minimum absolute atomic E-state index is 0.116. The van der Waals surface area contributed by atoms with Gasteiger partial charge in [-0.1, -0.05) is 31.9 Å². The zero-order chi connectivity index (χ0) is 13.9. The van der Waals surface area contributed by atoms with Crippen LogP contribution in [0.3, 0.4) is 0 Å². The Morgan fingerprint density at radius 1 is 1.26 bits per heavy atom. The van der Waals surface area contributed by atoms with Gasteiger partial charge < -0.3 is 4.74 Å². The lowest BCUT2D eigenvalue weighted by Gasteiger charge is -2.06. The summed E-state index contributed by atoms with van der Waals surface area (Å²) >= 11 is 1.16. The highest BCUT2D eigenvalue weighted by Crippen LogP contribution is 2.40. The summed E-state index contributed by atoms with van der Waals surface area (Å²) in [6.07, 6.45) is 3.06. The fourth-order valence-electron chi connectivity index (χ4n) is 1.85. The van der Waals surface area contributed by atoms with Crippen molar-refractivity contribution in [1.82, 2.24) is 0 Å². The molecule has 2 rings (SSSR count). The first kappa shape index (κ1) is 14.3. The van der Waals surface area contributed by atoms with Crippen LogP contribution in [0.25, 0.3) is 10.1 Å². The zero-order valence-corrected chi connectivity index (χ0v) is 12.4. The van der Waals surface area contributed by atoms with E-state index in [1.807, 2.05) is 24.3 Å². The van der Waals surface area contributed by atoms with E-state index in [2.05, 4.69) is 6.92 Å². The molecule has 0 bridgehead atoms. The Hall–Kier alpha value is -1.11. The molecule has 2 aromatic rings. The second kappa shape index (κ2) is 5.90. The maximum Gasteiger partial charge on any atom is 0.251 e. The summed E-state index contributed by atoms with van der Waals surface area (Å²) in [5.74, 6) is 0.402. The number of primary sulfonamides is 1. The number of hydrogen-bond acceptors (Lipinski definition) is 4. The SMILES string of the molecule is CCCCCOc1c(S(N)(=O)=O)sc2ccccc12. The second-order valence-electron chi connectivity index (χ2n) is 4.32. The monoisotopic (exact) mass is 299 g/mol. The van der Waals surface area contributed by atoms with Crippen LogP contribution in [0.2, 0.25) is 0 Å². The van der Waals surface area contributed by atoms with Gasteiger partial charge in [0.2, 0.25) is 0 Å². The summed E-state index contributed by atoms with van der Waals surface area (Å²) in [7, 11) is -3.74. The van der Waals surface area contributed by atoms with Crippen LogP contribution in [0.1, 0.15) is 26.2 Å². The largest absolute Gasteiger partial charge is 0.491 e. The molecule has 0 saturated heterocycles. The van der Waals surface area contributed by atoms with Crippen molar-refractivity contribution < 1.29 is 13.2 Å². The van der Waals surface area contributed by atoms with Crippen molar-refractivity contribution in [2.45, 2.75) is 30.4 Å². The third kappa shape index (κ3) is 3.26. The number of sulfonamides is 1. The standard InChI is InChI=1S/C13H17NO3S2/c1-2-3-6-9-17-12-10-7-4-5-8-11(10)18-13(12)19(14,15)16/h4-5,7-8H,2-3,6,9H2,1H3,(H2,14,15,16). The third-order valence-electron chi connectivity index (χ3n) is 2.77. The summed E-state index contributed by atoms with van der Waals surface area (Å²) in [5.41, 5.74) is 0. The molecule has 0 radical (unpaired) electrons. The highest BCUT2D eigenvalue weighted by Gasteiger charge is 2.21. The zero-order valence-electron chi connectivity index (χ0n) is 10.8. The van der Waals surface area contributed by atoms with Gasteiger partial charge in [-0.3, -0.25) is 0 Å². The number of thiophene rings is 1. The molecule has 0 spiro atoms. The number of fused-ring (bicyclic) bond motifs is 1. The van der Waals surface area contributed by atoms with E-state index in [4.69, 9.17) is 9.88 Å². The minimum atomic E-state index is -3.74. The Balaban J connectivity index is 2.38. The van der Waals surface area contributed by atoms with Gasteiger partial charge in [0.25, 0.3) is 10.0 Å². The average molecular weight is 299 g/mol. The highest BCUT2D eigenvalue weighted by molar-refractivity contribution is 7.91. The van der Waals surface area contributed by atoms with E-state index in [0.717, 1.165) is 40.7 Å². The lowest BCUT2D eigenvalue weighted by atomic mass is 10.2. The van der Waals surface area contributed by atoms with Gasteiger partial charge in [0, 0.05) is 10.1 Å². The first-order valence-electron chi connectivity index (χ1n) is 6.21. The Kier molecular flexibility index (Phi) is 4.44. The summed E-state index contributed by atoms with van der Waals surface area (Å²) < 4.78 is 29.9. The fraction of sp³-hybridized carbons (Fsp3) is 0.385. The van der Waals surface area contributed by atoms with Crippen molar-refractivity contribution in [2.75, 3.05) is 6.61 Å². The third-order valence-corrected chi connectivity index (χ3v) is 5.37. The number of nitrogens with two attached hydrogens (primary N) is 1. The van der Waals surface area contributed by atoms with Gasteiger partial charge in [-0.05, 0) is 18.6 Å². The Bertz CT molecular complexity index is 662. The number of ether oxygens (including phenoxy) is 1. The van der Waals surface area contributed by atoms with Crippen LogP contribution < -0.4 is 9.88 Å². The number of rotatable bonds is 6. The second-order valence-corrected chi connectivity index (χ2v) is 7.12. The molecule has 2 N–H and O–H groups in total. The lowest BCUT2D eigenvalue weighted by molar-refractivity contribution is 0.304. The number of benzene rings is 1. The fourth-order valence-corrected chi connectivity index (χ4v) is 3.89. The van der Waals surface area contributed by atoms with Crippen molar-refractivity contribution in [3.63, 3.8) is 0 Å². The van der Waals surface area contributed by atoms with E-state index < -0.39 is 10.0 Å². The molecule has 0 aliphatic heterocycles. The van der Waals surface area contributed by atoms with Crippen LogP contribution in [0.15, 0.2) is 28.5 Å². The van der Waals surface area contributed by atoms with Crippen LogP contribution in [0.4, 0.5) is 0 Å². The number of hydrogen-bond donors (Lipinski definition) is 1. The van der Waals surface area contributed by atoms with Crippen LogP contribution in [-0.2, 0) is 10.0 Å². The summed E-state index contributed by atoms with van der Waals surface area (Å²) in [4.78, 5) is 0. The van der Waals surface area contributed by atoms with Crippen LogP contribution in [0.5, 0.6) is 5.75 Å².